The van der Waals surface area contributed by atoms with E-state index in [2.05, 4.69) is 20.4 Å². The Morgan fingerprint density at radius 2 is 2.00 bits per heavy atom. The Kier molecular flexibility index (Phi) is 5.49. The van der Waals surface area contributed by atoms with Gasteiger partial charge in [-0.1, -0.05) is 0 Å². The number of rotatable bonds is 5. The van der Waals surface area contributed by atoms with Crippen LogP contribution in [0.4, 0.5) is 11.4 Å². The van der Waals surface area contributed by atoms with E-state index in [4.69, 9.17) is 4.74 Å². The van der Waals surface area contributed by atoms with Crippen molar-refractivity contribution in [2.24, 2.45) is 5.10 Å². The zero-order valence-corrected chi connectivity index (χ0v) is 13.9. The lowest BCUT2D eigenvalue weighted by Gasteiger charge is -2.29. The predicted octanol–water partition coefficient (Wildman–Crippen LogP) is 1.59. The molecule has 1 fully saturated rings. The van der Waals surface area contributed by atoms with Crippen LogP contribution in [0.15, 0.2) is 47.8 Å². The van der Waals surface area contributed by atoms with Gasteiger partial charge in [-0.3, -0.25) is 19.9 Å². The van der Waals surface area contributed by atoms with Crippen LogP contribution in [-0.4, -0.2) is 48.3 Å². The molecular weight excluding hydrogens is 338 g/mol. The standard InChI is InChI=1S/C17H17N5O4/c23-17(13-3-5-18-6-4-13)20-19-12-14-11-15(22(24)25)1-2-16(14)21-7-9-26-10-8-21/h1-6,11-12H,7-10H2,(H,20,23)/b19-12-. The van der Waals surface area contributed by atoms with Crippen molar-refractivity contribution in [2.45, 2.75) is 0 Å². The fourth-order valence-corrected chi connectivity index (χ4v) is 2.58. The van der Waals surface area contributed by atoms with E-state index in [0.717, 1.165) is 5.69 Å². The average Bonchev–Trinajstić information content (AvgIpc) is 2.69. The Hall–Kier alpha value is -3.33. The van der Waals surface area contributed by atoms with Gasteiger partial charge in [-0.05, 0) is 18.2 Å². The third-order valence-corrected chi connectivity index (χ3v) is 3.89. The summed E-state index contributed by atoms with van der Waals surface area (Å²) in [4.78, 5) is 28.5. The molecule has 2 aromatic rings. The molecule has 1 N–H and O–H groups in total. The normalized spacial score (nSPS) is 14.4. The number of aromatic nitrogens is 1. The number of benzene rings is 1. The van der Waals surface area contributed by atoms with E-state index in [1.807, 2.05) is 0 Å². The van der Waals surface area contributed by atoms with Crippen LogP contribution in [0.1, 0.15) is 15.9 Å². The molecule has 0 spiro atoms. The van der Waals surface area contributed by atoms with Gasteiger partial charge in [-0.15, -0.1) is 0 Å². The highest BCUT2D eigenvalue weighted by molar-refractivity contribution is 5.95. The summed E-state index contributed by atoms with van der Waals surface area (Å²) in [7, 11) is 0. The molecule has 0 radical (unpaired) electrons. The fraction of sp³-hybridized carbons (Fsp3) is 0.235. The third-order valence-electron chi connectivity index (χ3n) is 3.89. The van der Waals surface area contributed by atoms with Crippen LogP contribution < -0.4 is 10.3 Å². The molecule has 9 heteroatoms. The van der Waals surface area contributed by atoms with Gasteiger partial charge in [0.25, 0.3) is 11.6 Å². The number of hydrazone groups is 1. The van der Waals surface area contributed by atoms with Crippen LogP contribution in [0.3, 0.4) is 0 Å². The van der Waals surface area contributed by atoms with Crippen molar-refractivity contribution in [1.82, 2.24) is 10.4 Å². The Morgan fingerprint density at radius 1 is 1.27 bits per heavy atom. The molecule has 3 rings (SSSR count). The lowest BCUT2D eigenvalue weighted by molar-refractivity contribution is -0.384. The predicted molar refractivity (Wildman–Crippen MR) is 95.4 cm³/mol. The first kappa shape index (κ1) is 17.5. The number of carbonyl (C=O) groups is 1. The maximum Gasteiger partial charge on any atom is 0.271 e. The summed E-state index contributed by atoms with van der Waals surface area (Å²) in [5, 5.41) is 15.0. The number of amides is 1. The van der Waals surface area contributed by atoms with Crippen LogP contribution in [0.25, 0.3) is 0 Å². The van der Waals surface area contributed by atoms with Gasteiger partial charge in [0.2, 0.25) is 0 Å². The summed E-state index contributed by atoms with van der Waals surface area (Å²) in [5.74, 6) is -0.387. The Bertz CT molecular complexity index is 819. The van der Waals surface area contributed by atoms with Crippen molar-refractivity contribution in [3.8, 4) is 0 Å². The van der Waals surface area contributed by atoms with Gasteiger partial charge in [0, 0.05) is 54.4 Å². The molecule has 1 aromatic carbocycles. The zero-order chi connectivity index (χ0) is 18.4. The van der Waals surface area contributed by atoms with Gasteiger partial charge in [0.05, 0.1) is 24.4 Å². The smallest absolute Gasteiger partial charge is 0.271 e. The van der Waals surface area contributed by atoms with Gasteiger partial charge in [-0.2, -0.15) is 5.10 Å². The molecule has 0 aliphatic carbocycles. The molecule has 9 nitrogen and oxygen atoms in total. The summed E-state index contributed by atoms with van der Waals surface area (Å²) in [6, 6.07) is 7.72. The fourth-order valence-electron chi connectivity index (χ4n) is 2.58. The highest BCUT2D eigenvalue weighted by atomic mass is 16.6. The molecule has 1 aliphatic rings. The van der Waals surface area contributed by atoms with Crippen LogP contribution in [0, 0.1) is 10.1 Å². The number of hydrogen-bond acceptors (Lipinski definition) is 7. The molecule has 1 aliphatic heterocycles. The van der Waals surface area contributed by atoms with E-state index >= 15 is 0 Å². The van der Waals surface area contributed by atoms with Gasteiger partial charge in [0.1, 0.15) is 0 Å². The number of ether oxygens (including phenoxy) is 1. The first-order valence-corrected chi connectivity index (χ1v) is 8.00. The highest BCUT2D eigenvalue weighted by Crippen LogP contribution is 2.25. The van der Waals surface area contributed by atoms with Crippen molar-refractivity contribution >= 4 is 23.5 Å². The quantitative estimate of drug-likeness (QED) is 0.495. The van der Waals surface area contributed by atoms with Crippen molar-refractivity contribution in [1.29, 1.82) is 0 Å². The van der Waals surface area contributed by atoms with E-state index in [9.17, 15) is 14.9 Å². The van der Waals surface area contributed by atoms with Crippen molar-refractivity contribution in [3.05, 3.63) is 64.0 Å². The van der Waals surface area contributed by atoms with Crippen LogP contribution >= 0.6 is 0 Å². The molecular formula is C17H17N5O4. The molecule has 1 amide bonds. The first-order valence-electron chi connectivity index (χ1n) is 8.00. The highest BCUT2D eigenvalue weighted by Gasteiger charge is 2.17. The average molecular weight is 355 g/mol. The second-order valence-corrected chi connectivity index (χ2v) is 5.53. The van der Waals surface area contributed by atoms with Crippen LogP contribution in [-0.2, 0) is 4.74 Å². The summed E-state index contributed by atoms with van der Waals surface area (Å²) in [5.41, 5.74) is 4.16. The molecule has 0 unspecified atom stereocenters. The lowest BCUT2D eigenvalue weighted by atomic mass is 10.1. The molecule has 0 bridgehead atoms. The van der Waals surface area contributed by atoms with Crippen LogP contribution in [0.5, 0.6) is 0 Å². The molecule has 1 saturated heterocycles. The minimum Gasteiger partial charge on any atom is -0.378 e. The van der Waals surface area contributed by atoms with E-state index in [1.54, 1.807) is 18.2 Å². The van der Waals surface area contributed by atoms with E-state index in [0.29, 0.717) is 37.4 Å². The SMILES string of the molecule is O=C(N/N=C\c1cc([N+](=O)[O-])ccc1N1CCOCC1)c1ccncc1. The molecule has 1 aromatic heterocycles. The summed E-state index contributed by atoms with van der Waals surface area (Å²) < 4.78 is 5.34. The monoisotopic (exact) mass is 355 g/mol. The number of anilines is 1. The number of pyridine rings is 1. The molecule has 0 atom stereocenters. The number of nitrogens with zero attached hydrogens (tertiary/aromatic N) is 4. The lowest BCUT2D eigenvalue weighted by Crippen LogP contribution is -2.36. The maximum atomic E-state index is 12.0. The largest absolute Gasteiger partial charge is 0.378 e. The van der Waals surface area contributed by atoms with Gasteiger partial charge < -0.3 is 9.64 Å². The Balaban J connectivity index is 1.80. The minimum absolute atomic E-state index is 0.0380. The van der Waals surface area contributed by atoms with Gasteiger partial charge in [-0.25, -0.2) is 5.43 Å². The second-order valence-electron chi connectivity index (χ2n) is 5.53. The van der Waals surface area contributed by atoms with E-state index < -0.39 is 4.92 Å². The third kappa shape index (κ3) is 4.19. The number of carbonyl (C=O) groups excluding carboxylic acids is 1. The Labute approximate surface area is 149 Å². The number of nitro benzene ring substituents is 1. The number of nitro groups is 1. The molecule has 134 valence electrons. The van der Waals surface area contributed by atoms with Crippen molar-refractivity contribution in [3.63, 3.8) is 0 Å². The van der Waals surface area contributed by atoms with Gasteiger partial charge in [0.15, 0.2) is 0 Å². The number of morpholine rings is 1. The van der Waals surface area contributed by atoms with Crippen LogP contribution in [0.2, 0.25) is 0 Å². The van der Waals surface area contributed by atoms with Crippen molar-refractivity contribution in [2.75, 3.05) is 31.2 Å². The number of nitrogens with one attached hydrogen (secondary N) is 1. The topological polar surface area (TPSA) is 110 Å². The molecule has 0 saturated carbocycles. The summed E-state index contributed by atoms with van der Waals surface area (Å²) >= 11 is 0. The second kappa shape index (κ2) is 8.17. The summed E-state index contributed by atoms with van der Waals surface area (Å²) in [6.07, 6.45) is 4.43. The van der Waals surface area contributed by atoms with E-state index in [1.165, 1.54) is 30.7 Å². The maximum absolute atomic E-state index is 12.0. The van der Waals surface area contributed by atoms with Crippen molar-refractivity contribution < 1.29 is 14.5 Å². The minimum atomic E-state index is -0.462. The van der Waals surface area contributed by atoms with E-state index in [-0.39, 0.29) is 11.6 Å². The Morgan fingerprint density at radius 3 is 2.69 bits per heavy atom. The first-order chi connectivity index (χ1) is 12.6. The number of non-ortho nitro benzene ring substituents is 1. The van der Waals surface area contributed by atoms with Gasteiger partial charge >= 0.3 is 0 Å². The zero-order valence-electron chi connectivity index (χ0n) is 13.9. The summed E-state index contributed by atoms with van der Waals surface area (Å²) in [6.45, 7) is 2.54. The molecule has 2 heterocycles. The number of hydrogen-bond donors (Lipinski definition) is 1. The molecule has 26 heavy (non-hydrogen) atoms.